The average molecular weight is 503 g/mol. The molecule has 184 valence electrons. The highest BCUT2D eigenvalue weighted by Crippen LogP contribution is 2.40. The fraction of sp³-hybridized carbons (Fsp3) is 0.346. The number of rotatable bonds is 3. The van der Waals surface area contributed by atoms with E-state index in [1.165, 1.54) is 11.3 Å². The van der Waals surface area contributed by atoms with Crippen LogP contribution in [0.4, 0.5) is 14.7 Å². The highest BCUT2D eigenvalue weighted by Gasteiger charge is 2.46. The third kappa shape index (κ3) is 4.62. The third-order valence-electron chi connectivity index (χ3n) is 6.55. The highest BCUT2D eigenvalue weighted by molar-refractivity contribution is 7.19. The number of nitriles is 1. The molecule has 0 unspecified atom stereocenters. The number of aromatic nitrogens is 2. The summed E-state index contributed by atoms with van der Waals surface area (Å²) in [7, 11) is 1.73. The molecule has 9 nitrogen and oxygen atoms in total. The van der Waals surface area contributed by atoms with Crippen LogP contribution < -0.4 is 5.32 Å². The summed E-state index contributed by atoms with van der Waals surface area (Å²) in [5, 5.41) is 12.8. The summed E-state index contributed by atoms with van der Waals surface area (Å²) in [6.45, 7) is 5.42. The monoisotopic (exact) mass is 502 g/mol. The molecule has 5 rings (SSSR count). The third-order valence-corrected chi connectivity index (χ3v) is 7.57. The van der Waals surface area contributed by atoms with Crippen LogP contribution in [0.25, 0.3) is 21.7 Å². The number of nitrogens with zero attached hydrogens (tertiary/aromatic N) is 5. The SMILES string of the molecule is Cc1cc(-c2sc(NC(=O)N3CCC4(CC3)CN(C)C(=O)O4)nc2-c2cccc(C#N)c2)cc(C)n1. The van der Waals surface area contributed by atoms with E-state index in [4.69, 9.17) is 9.72 Å². The Hall–Kier alpha value is -3.97. The van der Waals surface area contributed by atoms with Gasteiger partial charge in [0.05, 0.1) is 28.7 Å². The number of hydrogen-bond acceptors (Lipinski definition) is 7. The normalized spacial score (nSPS) is 16.7. The fourth-order valence-electron chi connectivity index (χ4n) is 4.81. The predicted molar refractivity (Wildman–Crippen MR) is 137 cm³/mol. The van der Waals surface area contributed by atoms with Crippen molar-refractivity contribution < 1.29 is 14.3 Å². The molecule has 36 heavy (non-hydrogen) atoms. The van der Waals surface area contributed by atoms with Crippen LogP contribution in [0.2, 0.25) is 0 Å². The van der Waals surface area contributed by atoms with E-state index in [1.54, 1.807) is 29.0 Å². The molecule has 2 saturated heterocycles. The molecular formula is C26H26N6O3S. The van der Waals surface area contributed by atoms with Crippen molar-refractivity contribution in [1.82, 2.24) is 19.8 Å². The first-order chi connectivity index (χ1) is 17.2. The summed E-state index contributed by atoms with van der Waals surface area (Å²) in [6, 6.07) is 13.2. The number of pyridine rings is 1. The van der Waals surface area contributed by atoms with E-state index in [0.29, 0.717) is 48.9 Å². The summed E-state index contributed by atoms with van der Waals surface area (Å²) < 4.78 is 5.59. The number of aryl methyl sites for hydroxylation is 2. The van der Waals surface area contributed by atoms with Crippen LogP contribution >= 0.6 is 11.3 Å². The van der Waals surface area contributed by atoms with Crippen molar-refractivity contribution in [1.29, 1.82) is 5.26 Å². The number of thiazole rings is 1. The summed E-state index contributed by atoms with van der Waals surface area (Å²) in [6.07, 6.45) is 0.890. The fourth-order valence-corrected chi connectivity index (χ4v) is 5.77. The summed E-state index contributed by atoms with van der Waals surface area (Å²) in [4.78, 5) is 38.4. The van der Waals surface area contributed by atoms with Gasteiger partial charge in [-0.1, -0.05) is 23.5 Å². The van der Waals surface area contributed by atoms with Gasteiger partial charge in [-0.05, 0) is 43.7 Å². The largest absolute Gasteiger partial charge is 0.441 e. The number of nitrogens with one attached hydrogen (secondary N) is 1. The van der Waals surface area contributed by atoms with Crippen LogP contribution in [-0.4, -0.2) is 64.2 Å². The van der Waals surface area contributed by atoms with Crippen LogP contribution in [0, 0.1) is 25.2 Å². The molecule has 3 amide bonds. The maximum Gasteiger partial charge on any atom is 0.410 e. The van der Waals surface area contributed by atoms with E-state index in [-0.39, 0.29) is 12.1 Å². The molecule has 1 spiro atoms. The molecule has 1 aromatic carbocycles. The Balaban J connectivity index is 1.40. The van der Waals surface area contributed by atoms with E-state index in [9.17, 15) is 14.9 Å². The Kier molecular flexibility index (Phi) is 6.10. The molecule has 0 bridgehead atoms. The second kappa shape index (κ2) is 9.24. The van der Waals surface area contributed by atoms with Gasteiger partial charge < -0.3 is 14.5 Å². The van der Waals surface area contributed by atoms with Gasteiger partial charge >= 0.3 is 12.1 Å². The number of ether oxygens (including phenoxy) is 1. The zero-order chi connectivity index (χ0) is 25.4. The Bertz CT molecular complexity index is 1370. The number of anilines is 1. The first-order valence-electron chi connectivity index (χ1n) is 11.7. The molecule has 4 heterocycles. The van der Waals surface area contributed by atoms with Crippen molar-refractivity contribution in [2.24, 2.45) is 0 Å². The first kappa shape index (κ1) is 23.8. The molecule has 0 atom stereocenters. The Morgan fingerprint density at radius 3 is 2.50 bits per heavy atom. The van der Waals surface area contributed by atoms with Crippen LogP contribution in [0.15, 0.2) is 36.4 Å². The molecule has 2 aliphatic heterocycles. The number of carbonyl (C=O) groups is 2. The number of urea groups is 1. The molecule has 3 aromatic rings. The number of piperidine rings is 1. The number of likely N-dealkylation sites (N-methyl/N-ethyl adjacent to an activating group) is 1. The predicted octanol–water partition coefficient (Wildman–Crippen LogP) is 4.81. The number of benzene rings is 1. The summed E-state index contributed by atoms with van der Waals surface area (Å²) >= 11 is 1.39. The minimum atomic E-state index is -0.507. The van der Waals surface area contributed by atoms with Crippen LogP contribution in [0.5, 0.6) is 0 Å². The zero-order valence-electron chi connectivity index (χ0n) is 20.4. The van der Waals surface area contributed by atoms with Gasteiger partial charge in [0.2, 0.25) is 0 Å². The maximum absolute atomic E-state index is 13.1. The molecule has 2 aliphatic rings. The van der Waals surface area contributed by atoms with Gasteiger partial charge in [-0.3, -0.25) is 10.3 Å². The van der Waals surface area contributed by atoms with Gasteiger partial charge in [-0.15, -0.1) is 0 Å². The van der Waals surface area contributed by atoms with E-state index in [0.717, 1.165) is 27.4 Å². The van der Waals surface area contributed by atoms with E-state index in [1.807, 2.05) is 38.1 Å². The van der Waals surface area contributed by atoms with Crippen molar-refractivity contribution in [2.45, 2.75) is 32.3 Å². The van der Waals surface area contributed by atoms with Gasteiger partial charge in [0.15, 0.2) is 5.13 Å². The van der Waals surface area contributed by atoms with Gasteiger partial charge in [0.25, 0.3) is 0 Å². The molecule has 0 radical (unpaired) electrons. The molecule has 10 heteroatoms. The lowest BCUT2D eigenvalue weighted by Crippen LogP contribution is -2.49. The lowest BCUT2D eigenvalue weighted by atomic mass is 9.91. The summed E-state index contributed by atoms with van der Waals surface area (Å²) in [5.41, 5.74) is 4.29. The van der Waals surface area contributed by atoms with E-state index in [2.05, 4.69) is 16.4 Å². The van der Waals surface area contributed by atoms with E-state index < -0.39 is 5.60 Å². The quantitative estimate of drug-likeness (QED) is 0.550. The molecule has 2 aromatic heterocycles. The van der Waals surface area contributed by atoms with Crippen molar-refractivity contribution in [2.75, 3.05) is 32.0 Å². The lowest BCUT2D eigenvalue weighted by molar-refractivity contribution is 0.0109. The number of amides is 3. The van der Waals surface area contributed by atoms with E-state index >= 15 is 0 Å². The second-order valence-electron chi connectivity index (χ2n) is 9.35. The van der Waals surface area contributed by atoms with Crippen LogP contribution in [0.3, 0.4) is 0 Å². The second-order valence-corrected chi connectivity index (χ2v) is 10.4. The van der Waals surface area contributed by atoms with Crippen LogP contribution in [0.1, 0.15) is 29.8 Å². The minimum absolute atomic E-state index is 0.234. The molecule has 1 N–H and O–H groups in total. The smallest absolute Gasteiger partial charge is 0.410 e. The van der Waals surface area contributed by atoms with Gasteiger partial charge in [-0.25, -0.2) is 14.6 Å². The first-order valence-corrected chi connectivity index (χ1v) is 12.5. The molecule has 0 saturated carbocycles. The summed E-state index contributed by atoms with van der Waals surface area (Å²) in [5.74, 6) is 0. The Morgan fingerprint density at radius 1 is 1.14 bits per heavy atom. The Morgan fingerprint density at radius 2 is 1.86 bits per heavy atom. The van der Waals surface area contributed by atoms with Gasteiger partial charge in [0, 0.05) is 49.9 Å². The lowest BCUT2D eigenvalue weighted by Gasteiger charge is -2.37. The average Bonchev–Trinajstić information content (AvgIpc) is 3.39. The van der Waals surface area contributed by atoms with Gasteiger partial charge in [-0.2, -0.15) is 5.26 Å². The van der Waals surface area contributed by atoms with Crippen molar-refractivity contribution >= 4 is 28.6 Å². The number of likely N-dealkylation sites (tertiary alicyclic amines) is 1. The number of carbonyl (C=O) groups excluding carboxylic acids is 2. The molecular weight excluding hydrogens is 476 g/mol. The standard InChI is InChI=1S/C26H26N6O3S/c1-16-11-20(12-17(2)28-16)22-21(19-6-4-5-18(13-19)14-27)29-23(36-22)30-24(33)32-9-7-26(8-10-32)15-31(3)25(34)35-26/h4-6,11-13H,7-10,15H2,1-3H3,(H,29,30,33). The topological polar surface area (TPSA) is 111 Å². The number of hydrogen-bond donors (Lipinski definition) is 1. The van der Waals surface area contributed by atoms with Crippen molar-refractivity contribution in [3.05, 3.63) is 53.3 Å². The minimum Gasteiger partial charge on any atom is -0.441 e. The Labute approximate surface area is 213 Å². The van der Waals surface area contributed by atoms with Crippen LogP contribution in [-0.2, 0) is 4.74 Å². The van der Waals surface area contributed by atoms with Crippen molar-refractivity contribution in [3.8, 4) is 27.8 Å². The molecule has 0 aliphatic carbocycles. The van der Waals surface area contributed by atoms with Crippen molar-refractivity contribution in [3.63, 3.8) is 0 Å². The zero-order valence-corrected chi connectivity index (χ0v) is 21.2. The molecule has 2 fully saturated rings. The highest BCUT2D eigenvalue weighted by atomic mass is 32.1. The van der Waals surface area contributed by atoms with Gasteiger partial charge in [0.1, 0.15) is 5.60 Å². The maximum atomic E-state index is 13.1.